The van der Waals surface area contributed by atoms with E-state index >= 15 is 0 Å². The molecule has 180 valence electrons. The van der Waals surface area contributed by atoms with Crippen molar-refractivity contribution in [1.29, 1.82) is 0 Å². The number of carbonyl (C=O) groups excluding carboxylic acids is 5. The van der Waals surface area contributed by atoms with Crippen LogP contribution in [0.4, 0.5) is 5.69 Å². The normalized spacial score (nSPS) is 15.2. The molecule has 0 N–H and O–H groups in total. The molecule has 4 rings (SSSR count). The van der Waals surface area contributed by atoms with Gasteiger partial charge in [-0.1, -0.05) is 24.3 Å². The number of likely N-dealkylation sites (tertiary alicyclic amines) is 1. The number of nitro benzene ring substituents is 1. The first kappa shape index (κ1) is 23.7. The van der Waals surface area contributed by atoms with E-state index in [1.165, 1.54) is 36.3 Å². The molecule has 1 heterocycles. The fourth-order valence-electron chi connectivity index (χ4n) is 4.35. The zero-order chi connectivity index (χ0) is 25.3. The number of piperidine rings is 1. The lowest BCUT2D eigenvalue weighted by Gasteiger charge is -2.30. The second kappa shape index (κ2) is 9.45. The summed E-state index contributed by atoms with van der Waals surface area (Å²) >= 11 is 0. The van der Waals surface area contributed by atoms with Gasteiger partial charge in [-0.3, -0.25) is 29.3 Å². The largest absolute Gasteiger partial charge is 0.469 e. The summed E-state index contributed by atoms with van der Waals surface area (Å²) in [6.45, 7) is -0.137. The van der Waals surface area contributed by atoms with E-state index < -0.39 is 51.8 Å². The van der Waals surface area contributed by atoms with Gasteiger partial charge in [0, 0.05) is 29.8 Å². The van der Waals surface area contributed by atoms with Crippen LogP contribution in [-0.4, -0.2) is 66.0 Å². The monoisotopic (exact) mass is 480 g/mol. The Bertz CT molecular complexity index is 1280. The summed E-state index contributed by atoms with van der Waals surface area (Å²) < 4.78 is 9.73. The van der Waals surface area contributed by atoms with Crippen LogP contribution < -0.4 is 0 Å². The number of carbonyl (C=O) groups is 5. The van der Waals surface area contributed by atoms with Gasteiger partial charge in [0.15, 0.2) is 12.4 Å². The van der Waals surface area contributed by atoms with Crippen LogP contribution in [-0.2, 0) is 19.1 Å². The summed E-state index contributed by atoms with van der Waals surface area (Å²) in [5, 5.41) is 11.9. The fourth-order valence-corrected chi connectivity index (χ4v) is 4.35. The molecule has 2 aliphatic rings. The zero-order valence-electron chi connectivity index (χ0n) is 18.6. The third kappa shape index (κ3) is 4.27. The van der Waals surface area contributed by atoms with Crippen molar-refractivity contribution in [2.75, 3.05) is 26.8 Å². The van der Waals surface area contributed by atoms with Gasteiger partial charge in [-0.25, -0.2) is 4.79 Å². The number of rotatable bonds is 5. The lowest BCUT2D eigenvalue weighted by Crippen LogP contribution is -2.42. The van der Waals surface area contributed by atoms with Crippen molar-refractivity contribution >= 4 is 35.1 Å². The molecule has 0 aromatic heterocycles. The predicted molar refractivity (Wildman–Crippen MR) is 118 cm³/mol. The van der Waals surface area contributed by atoms with E-state index in [0.29, 0.717) is 12.8 Å². The van der Waals surface area contributed by atoms with Gasteiger partial charge >= 0.3 is 11.9 Å². The maximum absolute atomic E-state index is 13.0. The van der Waals surface area contributed by atoms with Crippen molar-refractivity contribution < 1.29 is 38.4 Å². The Morgan fingerprint density at radius 1 is 1.00 bits per heavy atom. The highest BCUT2D eigenvalue weighted by molar-refractivity contribution is 6.30. The number of hydrogen-bond donors (Lipinski definition) is 0. The Morgan fingerprint density at radius 2 is 1.63 bits per heavy atom. The van der Waals surface area contributed by atoms with Crippen LogP contribution in [0.5, 0.6) is 0 Å². The van der Waals surface area contributed by atoms with Crippen molar-refractivity contribution in [3.63, 3.8) is 0 Å². The van der Waals surface area contributed by atoms with Crippen molar-refractivity contribution in [2.24, 2.45) is 5.92 Å². The van der Waals surface area contributed by atoms with Crippen LogP contribution in [0.15, 0.2) is 36.4 Å². The Balaban J connectivity index is 1.53. The first-order valence-electron chi connectivity index (χ1n) is 10.8. The smallest absolute Gasteiger partial charge is 0.345 e. The zero-order valence-corrected chi connectivity index (χ0v) is 18.6. The number of ketones is 2. The van der Waals surface area contributed by atoms with Crippen LogP contribution in [0, 0.1) is 16.0 Å². The van der Waals surface area contributed by atoms with Crippen LogP contribution >= 0.6 is 0 Å². The van der Waals surface area contributed by atoms with Crippen molar-refractivity contribution in [1.82, 2.24) is 4.90 Å². The number of nitro groups is 1. The summed E-state index contributed by atoms with van der Waals surface area (Å²) in [6, 6.07) is 8.16. The van der Waals surface area contributed by atoms with Gasteiger partial charge in [-0.15, -0.1) is 0 Å². The lowest BCUT2D eigenvalue weighted by atomic mass is 9.82. The topological polar surface area (TPSA) is 150 Å². The first-order chi connectivity index (χ1) is 16.7. The minimum Gasteiger partial charge on any atom is -0.469 e. The molecule has 1 fully saturated rings. The molecule has 1 amide bonds. The number of esters is 2. The van der Waals surface area contributed by atoms with E-state index in [9.17, 15) is 34.1 Å². The third-order valence-corrected chi connectivity index (χ3v) is 6.18. The van der Waals surface area contributed by atoms with Gasteiger partial charge in [0.25, 0.3) is 11.6 Å². The predicted octanol–water partition coefficient (Wildman–Crippen LogP) is 1.94. The quantitative estimate of drug-likeness (QED) is 0.303. The molecule has 1 saturated heterocycles. The van der Waals surface area contributed by atoms with E-state index in [0.717, 1.165) is 6.07 Å². The Labute approximate surface area is 198 Å². The SMILES string of the molecule is COC(=O)C1CCN(C(=O)COC(=O)c2ccc3c(c2[N+](=O)[O-])C(=O)c2ccccc2C3=O)CC1. The van der Waals surface area contributed by atoms with Gasteiger partial charge in [0.05, 0.1) is 18.0 Å². The van der Waals surface area contributed by atoms with E-state index in [1.54, 1.807) is 6.07 Å². The van der Waals surface area contributed by atoms with Gasteiger partial charge < -0.3 is 14.4 Å². The van der Waals surface area contributed by atoms with Crippen molar-refractivity contribution in [3.05, 3.63) is 74.3 Å². The Morgan fingerprint density at radius 3 is 2.23 bits per heavy atom. The first-order valence-corrected chi connectivity index (χ1v) is 10.8. The summed E-state index contributed by atoms with van der Waals surface area (Å²) in [6.07, 6.45) is 0.806. The number of nitrogens with zero attached hydrogens (tertiary/aromatic N) is 2. The molecular formula is C24H20N2O9. The number of methoxy groups -OCH3 is 1. The third-order valence-electron chi connectivity index (χ3n) is 6.18. The van der Waals surface area contributed by atoms with E-state index in [2.05, 4.69) is 0 Å². The maximum Gasteiger partial charge on any atom is 0.345 e. The average molecular weight is 480 g/mol. The van der Waals surface area contributed by atoms with Crippen molar-refractivity contribution in [2.45, 2.75) is 12.8 Å². The molecule has 1 aliphatic carbocycles. The molecule has 2 aromatic carbocycles. The highest BCUT2D eigenvalue weighted by Gasteiger charge is 2.39. The molecule has 0 saturated carbocycles. The Kier molecular flexibility index (Phi) is 6.41. The second-order valence-corrected chi connectivity index (χ2v) is 8.10. The molecule has 1 aliphatic heterocycles. The van der Waals surface area contributed by atoms with E-state index in [1.807, 2.05) is 0 Å². The summed E-state index contributed by atoms with van der Waals surface area (Å²) in [4.78, 5) is 75.0. The van der Waals surface area contributed by atoms with E-state index in [4.69, 9.17) is 9.47 Å². The molecule has 0 bridgehead atoms. The number of ether oxygens (including phenoxy) is 2. The number of hydrogen-bond acceptors (Lipinski definition) is 9. The van der Waals surface area contributed by atoms with Gasteiger partial charge in [-0.05, 0) is 25.0 Å². The number of fused-ring (bicyclic) bond motifs is 2. The molecule has 0 spiro atoms. The Hall–Kier alpha value is -4.41. The van der Waals surface area contributed by atoms with Crippen LogP contribution in [0.2, 0.25) is 0 Å². The van der Waals surface area contributed by atoms with Gasteiger partial charge in [0.1, 0.15) is 11.1 Å². The maximum atomic E-state index is 13.0. The molecule has 11 heteroatoms. The lowest BCUT2D eigenvalue weighted by molar-refractivity contribution is -0.385. The number of benzene rings is 2. The van der Waals surface area contributed by atoms with Crippen LogP contribution in [0.3, 0.4) is 0 Å². The minimum absolute atomic E-state index is 0.00384. The molecule has 0 radical (unpaired) electrons. The molecule has 11 nitrogen and oxygen atoms in total. The summed E-state index contributed by atoms with van der Waals surface area (Å²) in [5.41, 5.74) is -1.91. The van der Waals surface area contributed by atoms with Crippen LogP contribution in [0.25, 0.3) is 0 Å². The van der Waals surface area contributed by atoms with Gasteiger partial charge in [-0.2, -0.15) is 0 Å². The van der Waals surface area contributed by atoms with Crippen molar-refractivity contribution in [3.8, 4) is 0 Å². The minimum atomic E-state index is -1.17. The summed E-state index contributed by atoms with van der Waals surface area (Å²) in [7, 11) is 1.29. The number of amides is 1. The average Bonchev–Trinajstić information content (AvgIpc) is 2.88. The highest BCUT2D eigenvalue weighted by Crippen LogP contribution is 2.35. The second-order valence-electron chi connectivity index (χ2n) is 8.10. The molecule has 35 heavy (non-hydrogen) atoms. The fraction of sp³-hybridized carbons (Fsp3) is 0.292. The molecule has 0 atom stereocenters. The molecule has 0 unspecified atom stereocenters. The van der Waals surface area contributed by atoms with Gasteiger partial charge in [0.2, 0.25) is 5.78 Å². The summed E-state index contributed by atoms with van der Waals surface area (Å²) in [5.74, 6) is -3.67. The highest BCUT2D eigenvalue weighted by atomic mass is 16.6. The van der Waals surface area contributed by atoms with E-state index in [-0.39, 0.29) is 41.7 Å². The standard InChI is InChI=1S/C24H20N2O9/c1-34-23(30)13-8-10-25(11-9-13)18(27)12-35-24(31)17-7-6-16-19(20(17)26(32)33)22(29)15-5-3-2-4-14(15)21(16)28/h2-7,13H,8-12H2,1H3. The van der Waals surface area contributed by atoms with Crippen LogP contribution in [0.1, 0.15) is 55.0 Å². The molecular weight excluding hydrogens is 460 g/mol. The molecule has 2 aromatic rings.